The Morgan fingerprint density at radius 2 is 1.45 bits per heavy atom. The number of aromatic carboxylic acids is 1. The summed E-state index contributed by atoms with van der Waals surface area (Å²) in [5.41, 5.74) is 0.835. The van der Waals surface area contributed by atoms with Crippen molar-refractivity contribution in [1.29, 1.82) is 0 Å². The summed E-state index contributed by atoms with van der Waals surface area (Å²) >= 11 is 0. The Labute approximate surface area is 126 Å². The predicted octanol–water partition coefficient (Wildman–Crippen LogP) is 4.66. The lowest BCUT2D eigenvalue weighted by Gasteiger charge is -2.00. The van der Waals surface area contributed by atoms with E-state index in [1.807, 2.05) is 42.5 Å². The molecule has 5 nitrogen and oxygen atoms in total. The van der Waals surface area contributed by atoms with Gasteiger partial charge in [0.1, 0.15) is 11.3 Å². The van der Waals surface area contributed by atoms with E-state index in [1.54, 1.807) is 0 Å². The van der Waals surface area contributed by atoms with Gasteiger partial charge >= 0.3 is 5.97 Å². The molecule has 0 fully saturated rings. The third kappa shape index (κ3) is 2.78. The molecule has 0 bridgehead atoms. The van der Waals surface area contributed by atoms with Crippen molar-refractivity contribution >= 4 is 28.1 Å². The molecule has 0 spiro atoms. The average molecular weight is 292 g/mol. The van der Waals surface area contributed by atoms with Crippen molar-refractivity contribution in [2.75, 3.05) is 0 Å². The zero-order valence-electron chi connectivity index (χ0n) is 11.5. The zero-order chi connectivity index (χ0) is 15.5. The van der Waals surface area contributed by atoms with E-state index in [-0.39, 0.29) is 11.3 Å². The number of fused-ring (bicyclic) bond motifs is 1. The van der Waals surface area contributed by atoms with Gasteiger partial charge in [0, 0.05) is 0 Å². The van der Waals surface area contributed by atoms with Crippen molar-refractivity contribution in [3.05, 3.63) is 66.2 Å². The van der Waals surface area contributed by atoms with Crippen molar-refractivity contribution < 1.29 is 15.0 Å². The molecule has 0 aliphatic heterocycles. The fraction of sp³-hybridized carbons (Fsp3) is 0. The lowest BCUT2D eigenvalue weighted by molar-refractivity contribution is 0.0694. The first-order valence-electron chi connectivity index (χ1n) is 6.60. The molecule has 0 aliphatic carbocycles. The van der Waals surface area contributed by atoms with Gasteiger partial charge in [0.05, 0.1) is 11.4 Å². The Morgan fingerprint density at radius 3 is 2.18 bits per heavy atom. The van der Waals surface area contributed by atoms with Crippen LogP contribution < -0.4 is 0 Å². The fourth-order valence-electron chi connectivity index (χ4n) is 2.11. The minimum Gasteiger partial charge on any atom is -0.507 e. The second-order valence-electron chi connectivity index (χ2n) is 4.74. The molecule has 2 N–H and O–H groups in total. The van der Waals surface area contributed by atoms with Crippen LogP contribution in [0.15, 0.2) is 70.9 Å². The number of rotatable bonds is 3. The quantitative estimate of drug-likeness (QED) is 0.689. The summed E-state index contributed by atoms with van der Waals surface area (Å²) in [6.45, 7) is 0. The summed E-state index contributed by atoms with van der Waals surface area (Å²) in [4.78, 5) is 11.0. The standard InChI is InChI=1S/C17H12N2O3/c20-16-8-7-14(10-15(16)17(21)22)19-18-13-6-5-11-3-1-2-4-12(11)9-13/h1-10,20H,(H,21,22). The van der Waals surface area contributed by atoms with E-state index in [9.17, 15) is 9.90 Å². The average Bonchev–Trinajstić information content (AvgIpc) is 2.53. The number of nitrogens with zero attached hydrogens (tertiary/aromatic N) is 2. The normalized spacial score (nSPS) is 11.1. The lowest BCUT2D eigenvalue weighted by Crippen LogP contribution is -1.95. The SMILES string of the molecule is O=C(O)c1cc(N=Nc2ccc3ccccc3c2)ccc1O. The van der Waals surface area contributed by atoms with Gasteiger partial charge in [0.25, 0.3) is 0 Å². The maximum Gasteiger partial charge on any atom is 0.339 e. The Bertz CT molecular complexity index is 888. The largest absolute Gasteiger partial charge is 0.507 e. The minimum absolute atomic E-state index is 0.199. The second kappa shape index (κ2) is 5.65. The van der Waals surface area contributed by atoms with E-state index < -0.39 is 5.97 Å². The third-order valence-electron chi connectivity index (χ3n) is 3.22. The van der Waals surface area contributed by atoms with Gasteiger partial charge in [-0.05, 0) is 41.1 Å². The molecule has 108 valence electrons. The molecule has 0 amide bonds. The van der Waals surface area contributed by atoms with Crippen LogP contribution >= 0.6 is 0 Å². The molecule has 3 rings (SSSR count). The van der Waals surface area contributed by atoms with Crippen LogP contribution in [-0.2, 0) is 0 Å². The van der Waals surface area contributed by atoms with E-state index in [2.05, 4.69) is 10.2 Å². The van der Waals surface area contributed by atoms with Gasteiger partial charge in [0.15, 0.2) is 0 Å². The van der Waals surface area contributed by atoms with Crippen LogP contribution in [0.1, 0.15) is 10.4 Å². The van der Waals surface area contributed by atoms with Crippen LogP contribution in [0, 0.1) is 0 Å². The van der Waals surface area contributed by atoms with Crippen LogP contribution in [0.4, 0.5) is 11.4 Å². The van der Waals surface area contributed by atoms with E-state index in [1.165, 1.54) is 18.2 Å². The molecule has 0 aliphatic rings. The predicted molar refractivity (Wildman–Crippen MR) is 83.2 cm³/mol. The number of hydrogen-bond acceptors (Lipinski definition) is 4. The molecule has 3 aromatic rings. The molecular weight excluding hydrogens is 280 g/mol. The first-order chi connectivity index (χ1) is 10.6. The Balaban J connectivity index is 1.92. The molecule has 0 heterocycles. The fourth-order valence-corrected chi connectivity index (χ4v) is 2.11. The van der Waals surface area contributed by atoms with Crippen molar-refractivity contribution in [3.63, 3.8) is 0 Å². The summed E-state index contributed by atoms with van der Waals surface area (Å²) in [5.74, 6) is -1.50. The number of hydrogen-bond donors (Lipinski definition) is 2. The van der Waals surface area contributed by atoms with E-state index in [4.69, 9.17) is 5.11 Å². The number of azo groups is 1. The number of benzene rings is 3. The molecule has 0 unspecified atom stereocenters. The van der Waals surface area contributed by atoms with Gasteiger partial charge in [-0.1, -0.05) is 30.3 Å². The maximum atomic E-state index is 11.0. The molecule has 22 heavy (non-hydrogen) atoms. The summed E-state index contributed by atoms with van der Waals surface area (Å²) in [5, 5.41) is 28.7. The lowest BCUT2D eigenvalue weighted by atomic mass is 10.1. The molecule has 0 radical (unpaired) electrons. The van der Waals surface area contributed by atoms with E-state index in [0.717, 1.165) is 10.8 Å². The van der Waals surface area contributed by atoms with E-state index in [0.29, 0.717) is 11.4 Å². The number of carbonyl (C=O) groups is 1. The van der Waals surface area contributed by atoms with Gasteiger partial charge < -0.3 is 10.2 Å². The van der Waals surface area contributed by atoms with Crippen molar-refractivity contribution in [1.82, 2.24) is 0 Å². The van der Waals surface area contributed by atoms with Gasteiger partial charge in [-0.25, -0.2) is 4.79 Å². The maximum absolute atomic E-state index is 11.0. The van der Waals surface area contributed by atoms with Gasteiger partial charge in [-0.2, -0.15) is 10.2 Å². The molecule has 3 aromatic carbocycles. The van der Waals surface area contributed by atoms with E-state index >= 15 is 0 Å². The van der Waals surface area contributed by atoms with Crippen LogP contribution in [-0.4, -0.2) is 16.2 Å². The number of carboxylic acid groups (broad SMARTS) is 1. The molecular formula is C17H12N2O3. The van der Waals surface area contributed by atoms with Crippen LogP contribution in [0.25, 0.3) is 10.8 Å². The Kier molecular flexibility index (Phi) is 3.53. The van der Waals surface area contributed by atoms with Crippen molar-refractivity contribution in [3.8, 4) is 5.75 Å². The number of aromatic hydroxyl groups is 1. The smallest absolute Gasteiger partial charge is 0.339 e. The highest BCUT2D eigenvalue weighted by Crippen LogP contribution is 2.26. The topological polar surface area (TPSA) is 82.2 Å². The molecule has 0 saturated carbocycles. The van der Waals surface area contributed by atoms with Crippen LogP contribution in [0.2, 0.25) is 0 Å². The zero-order valence-corrected chi connectivity index (χ0v) is 11.5. The Morgan fingerprint density at radius 1 is 0.818 bits per heavy atom. The van der Waals surface area contributed by atoms with Crippen molar-refractivity contribution in [2.45, 2.75) is 0 Å². The monoisotopic (exact) mass is 292 g/mol. The van der Waals surface area contributed by atoms with Crippen molar-refractivity contribution in [2.24, 2.45) is 10.2 Å². The highest BCUT2D eigenvalue weighted by Gasteiger charge is 2.09. The summed E-state index contributed by atoms with van der Waals surface area (Å²) in [6.07, 6.45) is 0. The summed E-state index contributed by atoms with van der Waals surface area (Å²) in [7, 11) is 0. The van der Waals surface area contributed by atoms with Crippen LogP contribution in [0.5, 0.6) is 5.75 Å². The van der Waals surface area contributed by atoms with Gasteiger partial charge in [-0.3, -0.25) is 0 Å². The third-order valence-corrected chi connectivity index (χ3v) is 3.22. The molecule has 5 heteroatoms. The van der Waals surface area contributed by atoms with Gasteiger partial charge in [-0.15, -0.1) is 0 Å². The summed E-state index contributed by atoms with van der Waals surface area (Å²) in [6, 6.07) is 17.7. The highest BCUT2D eigenvalue weighted by molar-refractivity contribution is 5.91. The minimum atomic E-state index is -1.21. The van der Waals surface area contributed by atoms with Gasteiger partial charge in [0.2, 0.25) is 0 Å². The molecule has 0 aromatic heterocycles. The number of carboxylic acids is 1. The Hall–Kier alpha value is -3.21. The molecule has 0 saturated heterocycles. The first-order valence-corrected chi connectivity index (χ1v) is 6.60. The summed E-state index contributed by atoms with van der Waals surface area (Å²) < 4.78 is 0. The molecule has 0 atom stereocenters. The second-order valence-corrected chi connectivity index (χ2v) is 4.74. The number of phenols is 1. The first kappa shape index (κ1) is 13.8. The highest BCUT2D eigenvalue weighted by atomic mass is 16.4. The van der Waals surface area contributed by atoms with Crippen LogP contribution in [0.3, 0.4) is 0 Å².